The third kappa shape index (κ3) is 87.2. The quantitative estimate of drug-likeness (QED) is 0.310. The number of carbonyl (C=O) groups is 5. The fourth-order valence-electron chi connectivity index (χ4n) is 0.654. The number of aliphatic carboxylic acids is 4. The number of phenols is 1. The maximum atomic E-state index is 10.3. The number of para-hydroxylation sites is 1. The molecule has 0 atom stereocenters. The summed E-state index contributed by atoms with van der Waals surface area (Å²) >= 11 is 0. The Bertz CT molecular complexity index is 553. The largest absolute Gasteiger partial charge is 0.507 e. The van der Waals surface area contributed by atoms with Gasteiger partial charge in [0.25, 0.3) is 23.9 Å². The number of aromatic hydroxyl groups is 1. The van der Waals surface area contributed by atoms with E-state index < -0.39 is 29.8 Å². The third-order valence-electron chi connectivity index (χ3n) is 1.30. The van der Waals surface area contributed by atoms with E-state index in [-0.39, 0.29) is 11.3 Å². The van der Waals surface area contributed by atoms with Gasteiger partial charge in [0.15, 0.2) is 0 Å². The first-order valence-electron chi connectivity index (χ1n) is 7.76. The number of carboxylic acids is 5. The highest BCUT2D eigenvalue weighted by Crippen LogP contribution is 2.14. The highest BCUT2D eigenvalue weighted by atomic mass is 16.4. The van der Waals surface area contributed by atoms with E-state index >= 15 is 0 Å². The van der Waals surface area contributed by atoms with Gasteiger partial charge in [-0.05, 0) is 12.1 Å². The van der Waals surface area contributed by atoms with Gasteiger partial charge in [-0.3, -0.25) is 19.2 Å². The van der Waals surface area contributed by atoms with Crippen molar-refractivity contribution < 1.29 is 54.6 Å². The molecule has 0 radical (unpaired) electrons. The summed E-state index contributed by atoms with van der Waals surface area (Å²) in [6.07, 6.45) is 0. The van der Waals surface area contributed by atoms with Crippen molar-refractivity contribution in [2.24, 2.45) is 11.5 Å². The van der Waals surface area contributed by atoms with Crippen LogP contribution in [0.25, 0.3) is 0 Å². The molecule has 0 aliphatic carbocycles. The molecule has 0 aliphatic heterocycles. The van der Waals surface area contributed by atoms with Gasteiger partial charge in [0.2, 0.25) is 0 Å². The molecule has 0 aliphatic rings. The summed E-state index contributed by atoms with van der Waals surface area (Å²) in [5.41, 5.74) is 9.74. The smallest absolute Gasteiger partial charge is 0.339 e. The van der Waals surface area contributed by atoms with Gasteiger partial charge in [0.05, 0.1) is 0 Å². The van der Waals surface area contributed by atoms with Crippen molar-refractivity contribution in [1.82, 2.24) is 0 Å². The highest BCUT2D eigenvalue weighted by molar-refractivity contribution is 5.90. The van der Waals surface area contributed by atoms with E-state index in [0.29, 0.717) is 13.1 Å². The van der Waals surface area contributed by atoms with Gasteiger partial charge < -0.3 is 42.1 Å². The van der Waals surface area contributed by atoms with Gasteiger partial charge in [-0.25, -0.2) is 4.79 Å². The topological polar surface area (TPSA) is 259 Å². The van der Waals surface area contributed by atoms with Gasteiger partial charge in [-0.15, -0.1) is 0 Å². The Hall–Kier alpha value is -3.71. The molecule has 0 spiro atoms. The van der Waals surface area contributed by atoms with Crippen molar-refractivity contribution in [2.75, 3.05) is 13.1 Å². The van der Waals surface area contributed by atoms with Crippen molar-refractivity contribution in [3.8, 4) is 5.75 Å². The standard InChI is InChI=1S/C7H6O3.C2H8N2.4C2H4O2/c8-6-4-2-1-3-5(6)7(9)10;3-1-2-4;4*1-2(3)4/h1-4,8H,(H,9,10);1-4H2;4*1H3,(H,3,4). The zero-order valence-electron chi connectivity index (χ0n) is 17.1. The van der Waals surface area contributed by atoms with Gasteiger partial charge in [-0.1, -0.05) is 12.1 Å². The highest BCUT2D eigenvalue weighted by Gasteiger charge is 2.05. The van der Waals surface area contributed by atoms with Crippen LogP contribution in [0.1, 0.15) is 38.1 Å². The minimum Gasteiger partial charge on any atom is -0.507 e. The summed E-state index contributed by atoms with van der Waals surface area (Å²) in [5.74, 6) is -4.65. The molecular weight excluding hydrogens is 408 g/mol. The van der Waals surface area contributed by atoms with Crippen LogP contribution in [0.15, 0.2) is 24.3 Å². The molecule has 10 N–H and O–H groups in total. The van der Waals surface area contributed by atoms with Crippen molar-refractivity contribution in [3.63, 3.8) is 0 Å². The van der Waals surface area contributed by atoms with Gasteiger partial charge in [0.1, 0.15) is 11.3 Å². The van der Waals surface area contributed by atoms with Crippen LogP contribution < -0.4 is 11.5 Å². The van der Waals surface area contributed by atoms with Gasteiger partial charge in [0, 0.05) is 40.8 Å². The second-order valence-electron chi connectivity index (χ2n) is 4.48. The molecule has 174 valence electrons. The number of hydrogen-bond acceptors (Lipinski definition) is 8. The van der Waals surface area contributed by atoms with E-state index in [1.807, 2.05) is 0 Å². The van der Waals surface area contributed by atoms with Crippen LogP contribution >= 0.6 is 0 Å². The normalized spacial score (nSPS) is 7.40. The molecule has 0 fully saturated rings. The van der Waals surface area contributed by atoms with Crippen LogP contribution in [0.4, 0.5) is 0 Å². The number of benzene rings is 1. The molecule has 1 rings (SSSR count). The second-order valence-corrected chi connectivity index (χ2v) is 4.48. The van der Waals surface area contributed by atoms with Crippen LogP contribution in [-0.2, 0) is 19.2 Å². The Labute approximate surface area is 173 Å². The molecule has 0 saturated carbocycles. The minimum absolute atomic E-state index is 0.0671. The van der Waals surface area contributed by atoms with Gasteiger partial charge >= 0.3 is 5.97 Å². The van der Waals surface area contributed by atoms with Crippen LogP contribution in [0.2, 0.25) is 0 Å². The summed E-state index contributed by atoms with van der Waals surface area (Å²) in [4.78, 5) is 46.3. The van der Waals surface area contributed by atoms with E-state index in [2.05, 4.69) is 0 Å². The molecule has 0 heterocycles. The molecule has 13 nitrogen and oxygen atoms in total. The molecule has 0 saturated heterocycles. The summed E-state index contributed by atoms with van der Waals surface area (Å²) < 4.78 is 0. The molecule has 0 unspecified atom stereocenters. The van der Waals surface area contributed by atoms with Crippen LogP contribution in [0.5, 0.6) is 5.75 Å². The van der Waals surface area contributed by atoms with Gasteiger partial charge in [-0.2, -0.15) is 0 Å². The van der Waals surface area contributed by atoms with Crippen molar-refractivity contribution >= 4 is 29.8 Å². The van der Waals surface area contributed by atoms with Crippen LogP contribution in [-0.4, -0.2) is 73.6 Å². The summed E-state index contributed by atoms with van der Waals surface area (Å²) in [6, 6.07) is 5.81. The zero-order valence-corrected chi connectivity index (χ0v) is 17.1. The lowest BCUT2D eigenvalue weighted by atomic mass is 10.2. The maximum absolute atomic E-state index is 10.3. The summed E-state index contributed by atoms with van der Waals surface area (Å²) in [7, 11) is 0. The van der Waals surface area contributed by atoms with E-state index in [1.165, 1.54) is 12.1 Å². The number of nitrogens with two attached hydrogens (primary N) is 2. The van der Waals surface area contributed by atoms with E-state index in [1.54, 1.807) is 12.1 Å². The minimum atomic E-state index is -1.11. The van der Waals surface area contributed by atoms with Crippen molar-refractivity contribution in [2.45, 2.75) is 27.7 Å². The first kappa shape index (κ1) is 37.1. The first-order valence-corrected chi connectivity index (χ1v) is 7.76. The molecule has 0 aromatic heterocycles. The predicted molar refractivity (Wildman–Crippen MR) is 106 cm³/mol. The number of hydrogen-bond donors (Lipinski definition) is 8. The molecule has 13 heteroatoms. The number of carboxylic acid groups (broad SMARTS) is 5. The molecule has 1 aromatic rings. The molecular formula is C17H30N2O11. The number of aromatic carboxylic acids is 1. The Balaban J connectivity index is -0.0000000897. The second kappa shape index (κ2) is 27.5. The Morgan fingerprint density at radius 1 is 0.667 bits per heavy atom. The Morgan fingerprint density at radius 2 is 0.900 bits per heavy atom. The molecule has 30 heavy (non-hydrogen) atoms. The molecule has 0 amide bonds. The fraction of sp³-hybridized carbons (Fsp3) is 0.353. The first-order chi connectivity index (χ1) is 13.6. The maximum Gasteiger partial charge on any atom is 0.339 e. The van der Waals surface area contributed by atoms with Crippen LogP contribution in [0.3, 0.4) is 0 Å². The lowest BCUT2D eigenvalue weighted by Crippen LogP contribution is -2.11. The lowest BCUT2D eigenvalue weighted by molar-refractivity contribution is -0.135. The fourth-order valence-corrected chi connectivity index (χ4v) is 0.654. The lowest BCUT2D eigenvalue weighted by Gasteiger charge is -1.95. The monoisotopic (exact) mass is 438 g/mol. The SMILES string of the molecule is CC(=O)O.CC(=O)O.CC(=O)O.CC(=O)O.NCCN.O=C(O)c1ccccc1O. The number of rotatable bonds is 2. The molecule has 0 bridgehead atoms. The Morgan fingerprint density at radius 3 is 1.03 bits per heavy atom. The summed E-state index contributed by atoms with van der Waals surface area (Å²) in [6.45, 7) is 5.53. The van der Waals surface area contributed by atoms with Crippen molar-refractivity contribution in [3.05, 3.63) is 29.8 Å². The molecule has 1 aromatic carbocycles. The Kier molecular flexibility index (Phi) is 34.0. The van der Waals surface area contributed by atoms with Crippen molar-refractivity contribution in [1.29, 1.82) is 0 Å². The zero-order chi connectivity index (χ0) is 25.3. The summed E-state index contributed by atoms with van der Waals surface area (Å²) in [5, 5.41) is 47.0. The average Bonchev–Trinajstić information content (AvgIpc) is 2.53. The average molecular weight is 438 g/mol. The van der Waals surface area contributed by atoms with E-state index in [0.717, 1.165) is 27.7 Å². The predicted octanol–water partition coefficient (Wildman–Crippen LogP) is 0.358. The van der Waals surface area contributed by atoms with E-state index in [4.69, 9.17) is 61.3 Å². The third-order valence-corrected chi connectivity index (χ3v) is 1.30. The van der Waals surface area contributed by atoms with E-state index in [9.17, 15) is 4.79 Å². The van der Waals surface area contributed by atoms with Crippen LogP contribution in [0, 0.1) is 0 Å².